The van der Waals surface area contributed by atoms with Crippen LogP contribution < -0.4 is 4.74 Å². The van der Waals surface area contributed by atoms with Crippen LogP contribution in [0.3, 0.4) is 0 Å². The maximum absolute atomic E-state index is 6.20. The van der Waals surface area contributed by atoms with Crippen molar-refractivity contribution in [1.29, 1.82) is 0 Å². The van der Waals surface area contributed by atoms with Crippen LogP contribution in [0.5, 0.6) is 5.75 Å². The van der Waals surface area contributed by atoms with Crippen LogP contribution in [0.15, 0.2) is 66.3 Å². The summed E-state index contributed by atoms with van der Waals surface area (Å²) in [4.78, 5) is 3.48. The number of thiophene rings is 1. The van der Waals surface area contributed by atoms with E-state index < -0.39 is 0 Å². The topological polar surface area (TPSA) is 12.5 Å². The van der Waals surface area contributed by atoms with Crippen LogP contribution in [0.4, 0.5) is 0 Å². The molecule has 0 spiro atoms. The fourth-order valence-corrected chi connectivity index (χ4v) is 4.63. The molecule has 0 aliphatic carbocycles. The Labute approximate surface area is 177 Å². The zero-order valence-electron chi connectivity index (χ0n) is 16.9. The van der Waals surface area contributed by atoms with Crippen LogP contribution >= 0.6 is 22.9 Å². The highest BCUT2D eigenvalue weighted by Crippen LogP contribution is 2.35. The van der Waals surface area contributed by atoms with Crippen LogP contribution in [0, 0.1) is 0 Å². The molecule has 148 valence electrons. The van der Waals surface area contributed by atoms with Crippen molar-refractivity contribution in [2.45, 2.75) is 39.7 Å². The molecular formula is C24H28ClNOS. The first-order valence-corrected chi connectivity index (χ1v) is 11.0. The number of allylic oxidation sites excluding steroid dienone is 2. The molecule has 2 nitrogen and oxygen atoms in total. The second-order valence-corrected chi connectivity index (χ2v) is 8.74. The van der Waals surface area contributed by atoms with E-state index in [1.165, 1.54) is 16.7 Å². The highest BCUT2D eigenvalue weighted by molar-refractivity contribution is 7.17. The van der Waals surface area contributed by atoms with Gasteiger partial charge in [-0.1, -0.05) is 49.4 Å². The molecule has 0 saturated heterocycles. The van der Waals surface area contributed by atoms with Gasteiger partial charge in [-0.3, -0.25) is 0 Å². The molecule has 0 N–H and O–H groups in total. The number of ether oxygens (including phenoxy) is 1. The third kappa shape index (κ3) is 4.71. The normalized spacial score (nSPS) is 17.4. The van der Waals surface area contributed by atoms with Crippen LogP contribution in [-0.4, -0.2) is 24.1 Å². The Morgan fingerprint density at radius 3 is 2.64 bits per heavy atom. The van der Waals surface area contributed by atoms with Gasteiger partial charge >= 0.3 is 0 Å². The van der Waals surface area contributed by atoms with E-state index in [1.807, 2.05) is 6.07 Å². The van der Waals surface area contributed by atoms with E-state index in [0.29, 0.717) is 6.61 Å². The molecule has 4 heteroatoms. The maximum atomic E-state index is 6.20. The predicted molar refractivity (Wildman–Crippen MR) is 122 cm³/mol. The van der Waals surface area contributed by atoms with Gasteiger partial charge in [0, 0.05) is 12.2 Å². The van der Waals surface area contributed by atoms with E-state index in [-0.39, 0.29) is 6.04 Å². The molecule has 1 unspecified atom stereocenters. The summed E-state index contributed by atoms with van der Waals surface area (Å²) in [6.45, 7) is 12.3. The predicted octanol–water partition coefficient (Wildman–Crippen LogP) is 6.98. The van der Waals surface area contributed by atoms with Gasteiger partial charge in [-0.05, 0) is 67.7 Å². The van der Waals surface area contributed by atoms with Gasteiger partial charge in [-0.2, -0.15) is 0 Å². The number of nitrogens with zero attached hydrogens (tertiary/aromatic N) is 1. The smallest absolute Gasteiger partial charge is 0.119 e. The fourth-order valence-electron chi connectivity index (χ4n) is 3.60. The van der Waals surface area contributed by atoms with Crippen molar-refractivity contribution in [3.05, 3.63) is 81.1 Å². The van der Waals surface area contributed by atoms with Crippen LogP contribution in [-0.2, 0) is 6.42 Å². The Kier molecular flexibility index (Phi) is 7.03. The SMILES string of the molecule is C=C(c1ccc(Cl)s1)N1CCC(/C=C\C)=C(C)C1COc1ccc(CC)cc1. The van der Waals surface area contributed by atoms with Crippen LogP contribution in [0.25, 0.3) is 5.70 Å². The first-order valence-electron chi connectivity index (χ1n) is 9.78. The summed E-state index contributed by atoms with van der Waals surface area (Å²) in [6.07, 6.45) is 6.38. The van der Waals surface area contributed by atoms with Crippen LogP contribution in [0.1, 0.15) is 37.6 Å². The minimum Gasteiger partial charge on any atom is -0.491 e. The van der Waals surface area contributed by atoms with Crippen molar-refractivity contribution in [3.8, 4) is 5.75 Å². The molecule has 0 saturated carbocycles. The van der Waals surface area contributed by atoms with Gasteiger partial charge in [0.15, 0.2) is 0 Å². The average Bonchev–Trinajstić information content (AvgIpc) is 3.15. The lowest BCUT2D eigenvalue weighted by atomic mass is 9.93. The monoisotopic (exact) mass is 413 g/mol. The molecule has 2 aromatic rings. The minimum atomic E-state index is 0.152. The zero-order chi connectivity index (χ0) is 20.1. The van der Waals surface area contributed by atoms with E-state index in [0.717, 1.165) is 40.0 Å². The first-order chi connectivity index (χ1) is 13.5. The maximum Gasteiger partial charge on any atom is 0.119 e. The first kappa shape index (κ1) is 20.8. The molecule has 0 amide bonds. The van der Waals surface area contributed by atoms with Gasteiger partial charge in [-0.15, -0.1) is 11.3 Å². The molecule has 1 atom stereocenters. The highest BCUT2D eigenvalue weighted by atomic mass is 35.5. The summed E-state index contributed by atoms with van der Waals surface area (Å²) in [5.74, 6) is 0.910. The second-order valence-electron chi connectivity index (χ2n) is 7.03. The molecule has 1 aromatic carbocycles. The molecular weight excluding hydrogens is 386 g/mol. The van der Waals surface area contributed by atoms with E-state index in [1.54, 1.807) is 11.3 Å². The Morgan fingerprint density at radius 1 is 1.29 bits per heavy atom. The Morgan fingerprint density at radius 2 is 2.04 bits per heavy atom. The molecule has 1 aromatic heterocycles. The van der Waals surface area contributed by atoms with Crippen molar-refractivity contribution in [2.24, 2.45) is 0 Å². The van der Waals surface area contributed by atoms with Crippen molar-refractivity contribution in [3.63, 3.8) is 0 Å². The van der Waals surface area contributed by atoms with Crippen molar-refractivity contribution in [1.82, 2.24) is 4.90 Å². The zero-order valence-corrected chi connectivity index (χ0v) is 18.4. The van der Waals surface area contributed by atoms with E-state index in [4.69, 9.17) is 16.3 Å². The lowest BCUT2D eigenvalue weighted by molar-refractivity contribution is 0.203. The third-order valence-electron chi connectivity index (χ3n) is 5.32. The van der Waals surface area contributed by atoms with Gasteiger partial charge in [-0.25, -0.2) is 0 Å². The number of aryl methyl sites for hydroxylation is 1. The minimum absolute atomic E-state index is 0.152. The summed E-state index contributed by atoms with van der Waals surface area (Å²) in [7, 11) is 0. The Hall–Kier alpha value is -1.97. The Bertz CT molecular complexity index is 878. The number of halogens is 1. The number of benzene rings is 1. The van der Waals surface area contributed by atoms with Crippen LogP contribution in [0.2, 0.25) is 4.34 Å². The molecule has 2 heterocycles. The van der Waals surface area contributed by atoms with E-state index in [2.05, 4.69) is 74.7 Å². The summed E-state index contributed by atoms with van der Waals surface area (Å²) in [5, 5.41) is 0. The quantitative estimate of drug-likeness (QED) is 0.485. The number of hydrogen-bond donors (Lipinski definition) is 0. The summed E-state index contributed by atoms with van der Waals surface area (Å²) in [5.41, 5.74) is 5.08. The van der Waals surface area contributed by atoms with Gasteiger partial charge in [0.05, 0.1) is 15.3 Å². The molecule has 1 aliphatic rings. The number of rotatable bonds is 7. The van der Waals surface area contributed by atoms with Gasteiger partial charge in [0.1, 0.15) is 12.4 Å². The number of hydrogen-bond acceptors (Lipinski definition) is 3. The van der Waals surface area contributed by atoms with Crippen molar-refractivity contribution < 1.29 is 4.74 Å². The largest absolute Gasteiger partial charge is 0.491 e. The van der Waals surface area contributed by atoms with E-state index in [9.17, 15) is 0 Å². The average molecular weight is 414 g/mol. The molecule has 0 radical (unpaired) electrons. The molecule has 1 aliphatic heterocycles. The standard InChI is InChI=1S/C24H28ClNOS/c1-5-7-20-14-15-26(18(4)23-12-13-24(25)28-23)22(17(20)3)16-27-21-10-8-19(6-2)9-11-21/h5,7-13,22H,4,6,14-16H2,1-3H3/b7-5-. The van der Waals surface area contributed by atoms with E-state index >= 15 is 0 Å². The summed E-state index contributed by atoms with van der Waals surface area (Å²) < 4.78 is 6.99. The molecule has 0 bridgehead atoms. The molecule has 3 rings (SSSR count). The van der Waals surface area contributed by atoms with Gasteiger partial charge < -0.3 is 9.64 Å². The molecule has 28 heavy (non-hydrogen) atoms. The van der Waals surface area contributed by atoms with Crippen molar-refractivity contribution in [2.75, 3.05) is 13.2 Å². The molecule has 0 fully saturated rings. The van der Waals surface area contributed by atoms with Gasteiger partial charge in [0.2, 0.25) is 0 Å². The lowest BCUT2D eigenvalue weighted by Gasteiger charge is -2.39. The Balaban J connectivity index is 1.83. The third-order valence-corrected chi connectivity index (χ3v) is 6.60. The van der Waals surface area contributed by atoms with Gasteiger partial charge in [0.25, 0.3) is 0 Å². The second kappa shape index (κ2) is 9.49. The summed E-state index contributed by atoms with van der Waals surface area (Å²) in [6, 6.07) is 12.5. The highest BCUT2D eigenvalue weighted by Gasteiger charge is 2.29. The van der Waals surface area contributed by atoms with Crippen molar-refractivity contribution >= 4 is 28.6 Å². The lowest BCUT2D eigenvalue weighted by Crippen LogP contribution is -2.42. The fraction of sp³-hybridized carbons (Fsp3) is 0.333. The summed E-state index contributed by atoms with van der Waals surface area (Å²) >= 11 is 7.73.